The summed E-state index contributed by atoms with van der Waals surface area (Å²) in [5.74, 6) is -0.271. The van der Waals surface area contributed by atoms with E-state index in [0.717, 1.165) is 11.0 Å². The van der Waals surface area contributed by atoms with Crippen molar-refractivity contribution in [2.45, 2.75) is 6.54 Å². The molecule has 0 radical (unpaired) electrons. The Morgan fingerprint density at radius 3 is 2.64 bits per heavy atom. The number of nitrogens with one attached hydrogen (secondary N) is 1. The van der Waals surface area contributed by atoms with Crippen LogP contribution in [-0.2, 0) is 11.3 Å². The lowest BCUT2D eigenvalue weighted by Crippen LogP contribution is -2.19. The number of amides is 1. The van der Waals surface area contributed by atoms with Crippen LogP contribution in [-0.4, -0.2) is 20.9 Å². The lowest BCUT2D eigenvalue weighted by atomic mass is 10.2. The SMILES string of the molecule is Nc1c(Cl)cc(NC(=O)Cn2nnc3ccccc32)cc1Cl. The van der Waals surface area contributed by atoms with Crippen molar-refractivity contribution in [2.75, 3.05) is 11.1 Å². The lowest BCUT2D eigenvalue weighted by Gasteiger charge is -2.08. The second kappa shape index (κ2) is 5.82. The summed E-state index contributed by atoms with van der Waals surface area (Å²) in [5, 5.41) is 11.2. The Kier molecular flexibility index (Phi) is 3.87. The van der Waals surface area contributed by atoms with Gasteiger partial charge in [0.15, 0.2) is 0 Å². The highest BCUT2D eigenvalue weighted by Crippen LogP contribution is 2.31. The normalized spacial score (nSPS) is 10.8. The van der Waals surface area contributed by atoms with Crippen LogP contribution < -0.4 is 11.1 Å². The van der Waals surface area contributed by atoms with Gasteiger partial charge in [0.1, 0.15) is 12.1 Å². The molecule has 2 aromatic carbocycles. The summed E-state index contributed by atoms with van der Waals surface area (Å²) >= 11 is 11.9. The van der Waals surface area contributed by atoms with Crippen LogP contribution in [0.2, 0.25) is 10.0 Å². The van der Waals surface area contributed by atoms with E-state index in [2.05, 4.69) is 15.6 Å². The van der Waals surface area contributed by atoms with Gasteiger partial charge in [-0.3, -0.25) is 4.79 Å². The first-order valence-electron chi connectivity index (χ1n) is 6.37. The minimum absolute atomic E-state index is 0.0279. The maximum atomic E-state index is 12.1. The van der Waals surface area contributed by atoms with E-state index in [0.29, 0.717) is 5.69 Å². The molecule has 1 amide bonds. The number of rotatable bonds is 3. The molecule has 6 nitrogen and oxygen atoms in total. The number of anilines is 2. The Bertz CT molecular complexity index is 838. The van der Waals surface area contributed by atoms with E-state index in [1.54, 1.807) is 12.1 Å². The van der Waals surface area contributed by atoms with E-state index in [1.807, 2.05) is 24.3 Å². The second-order valence-electron chi connectivity index (χ2n) is 4.64. The van der Waals surface area contributed by atoms with Gasteiger partial charge in [0.25, 0.3) is 0 Å². The number of hydrogen-bond acceptors (Lipinski definition) is 4. The fourth-order valence-corrected chi connectivity index (χ4v) is 2.51. The molecule has 22 heavy (non-hydrogen) atoms. The summed E-state index contributed by atoms with van der Waals surface area (Å²) in [6.45, 7) is 0.0279. The van der Waals surface area contributed by atoms with Crippen molar-refractivity contribution in [1.82, 2.24) is 15.0 Å². The molecule has 0 aliphatic heterocycles. The predicted octanol–water partition coefficient (Wildman–Crippen LogP) is 2.96. The Morgan fingerprint density at radius 1 is 1.23 bits per heavy atom. The summed E-state index contributed by atoms with van der Waals surface area (Å²) in [6.07, 6.45) is 0. The topological polar surface area (TPSA) is 85.8 Å². The van der Waals surface area contributed by atoms with Gasteiger partial charge >= 0.3 is 0 Å². The molecule has 3 rings (SSSR count). The first-order valence-corrected chi connectivity index (χ1v) is 7.13. The number of halogens is 2. The van der Waals surface area contributed by atoms with Gasteiger partial charge in [-0.2, -0.15) is 0 Å². The Hall–Kier alpha value is -2.31. The summed E-state index contributed by atoms with van der Waals surface area (Å²) in [7, 11) is 0. The number of para-hydroxylation sites is 1. The molecule has 8 heteroatoms. The van der Waals surface area contributed by atoms with Crippen LogP contribution in [0.15, 0.2) is 36.4 Å². The number of nitrogens with zero attached hydrogens (tertiary/aromatic N) is 3. The third-order valence-electron chi connectivity index (χ3n) is 3.08. The van der Waals surface area contributed by atoms with Gasteiger partial charge in [0.05, 0.1) is 21.2 Å². The maximum absolute atomic E-state index is 12.1. The van der Waals surface area contributed by atoms with Crippen molar-refractivity contribution in [3.8, 4) is 0 Å². The number of hydrogen-bond donors (Lipinski definition) is 2. The third kappa shape index (κ3) is 2.84. The number of benzene rings is 2. The fourth-order valence-electron chi connectivity index (χ4n) is 2.03. The van der Waals surface area contributed by atoms with Gasteiger partial charge in [-0.1, -0.05) is 40.5 Å². The third-order valence-corrected chi connectivity index (χ3v) is 3.70. The van der Waals surface area contributed by atoms with Crippen LogP contribution in [0.5, 0.6) is 0 Å². The quantitative estimate of drug-likeness (QED) is 0.720. The van der Waals surface area contributed by atoms with Crippen molar-refractivity contribution in [3.05, 3.63) is 46.4 Å². The first kappa shape index (κ1) is 14.6. The smallest absolute Gasteiger partial charge is 0.246 e. The fraction of sp³-hybridized carbons (Fsp3) is 0.0714. The number of carbonyl (C=O) groups excluding carboxylic acids is 1. The summed E-state index contributed by atoms with van der Waals surface area (Å²) in [5.41, 5.74) is 7.92. The average Bonchev–Trinajstić information content (AvgIpc) is 2.88. The number of nitrogens with two attached hydrogens (primary N) is 1. The highest BCUT2D eigenvalue weighted by Gasteiger charge is 2.11. The zero-order valence-corrected chi connectivity index (χ0v) is 12.8. The van der Waals surface area contributed by atoms with Gasteiger partial charge < -0.3 is 11.1 Å². The zero-order valence-electron chi connectivity index (χ0n) is 11.3. The van der Waals surface area contributed by atoms with Crippen LogP contribution in [0.1, 0.15) is 0 Å². The zero-order chi connectivity index (χ0) is 15.7. The predicted molar refractivity (Wildman–Crippen MR) is 87.0 cm³/mol. The molecular formula is C14H11Cl2N5O. The number of aromatic nitrogens is 3. The molecule has 0 fully saturated rings. The highest BCUT2D eigenvalue weighted by atomic mass is 35.5. The number of fused-ring (bicyclic) bond motifs is 1. The van der Waals surface area contributed by atoms with Gasteiger partial charge in [-0.15, -0.1) is 5.10 Å². The van der Waals surface area contributed by atoms with Crippen molar-refractivity contribution in [3.63, 3.8) is 0 Å². The molecule has 0 spiro atoms. The molecule has 0 unspecified atom stereocenters. The first-order chi connectivity index (χ1) is 10.5. The molecular weight excluding hydrogens is 325 g/mol. The Morgan fingerprint density at radius 2 is 1.91 bits per heavy atom. The van der Waals surface area contributed by atoms with Gasteiger partial charge in [0.2, 0.25) is 5.91 Å². The van der Waals surface area contributed by atoms with Gasteiger partial charge in [0, 0.05) is 5.69 Å². The van der Waals surface area contributed by atoms with E-state index < -0.39 is 0 Å². The largest absolute Gasteiger partial charge is 0.396 e. The van der Waals surface area contributed by atoms with E-state index >= 15 is 0 Å². The minimum Gasteiger partial charge on any atom is -0.396 e. The summed E-state index contributed by atoms with van der Waals surface area (Å²) in [6, 6.07) is 10.5. The monoisotopic (exact) mass is 335 g/mol. The molecule has 3 N–H and O–H groups in total. The maximum Gasteiger partial charge on any atom is 0.246 e. The lowest BCUT2D eigenvalue weighted by molar-refractivity contribution is -0.116. The summed E-state index contributed by atoms with van der Waals surface area (Å²) in [4.78, 5) is 12.1. The van der Waals surface area contributed by atoms with Crippen molar-refractivity contribution >= 4 is 51.5 Å². The van der Waals surface area contributed by atoms with Crippen LogP contribution >= 0.6 is 23.2 Å². The minimum atomic E-state index is -0.271. The Balaban J connectivity index is 1.78. The van der Waals surface area contributed by atoms with Crippen LogP contribution in [0.3, 0.4) is 0 Å². The van der Waals surface area contributed by atoms with Crippen LogP contribution in [0, 0.1) is 0 Å². The Labute approximate surface area is 135 Å². The van der Waals surface area contributed by atoms with Crippen LogP contribution in [0.4, 0.5) is 11.4 Å². The molecule has 0 atom stereocenters. The molecule has 112 valence electrons. The number of carbonyl (C=O) groups is 1. The molecule has 0 saturated heterocycles. The van der Waals surface area contributed by atoms with E-state index in [4.69, 9.17) is 28.9 Å². The molecule has 3 aromatic rings. The van der Waals surface area contributed by atoms with Gasteiger partial charge in [-0.05, 0) is 24.3 Å². The molecule has 1 heterocycles. The average molecular weight is 336 g/mol. The molecule has 0 saturated carbocycles. The highest BCUT2D eigenvalue weighted by molar-refractivity contribution is 6.39. The summed E-state index contributed by atoms with van der Waals surface area (Å²) < 4.78 is 1.52. The van der Waals surface area contributed by atoms with Crippen molar-refractivity contribution < 1.29 is 4.79 Å². The number of nitrogen functional groups attached to an aromatic ring is 1. The second-order valence-corrected chi connectivity index (χ2v) is 5.45. The van der Waals surface area contributed by atoms with Gasteiger partial charge in [-0.25, -0.2) is 4.68 Å². The van der Waals surface area contributed by atoms with E-state index in [1.165, 1.54) is 4.68 Å². The van der Waals surface area contributed by atoms with E-state index in [9.17, 15) is 4.79 Å². The van der Waals surface area contributed by atoms with E-state index in [-0.39, 0.29) is 28.2 Å². The molecule has 1 aromatic heterocycles. The van der Waals surface area contributed by atoms with Crippen LogP contribution in [0.25, 0.3) is 11.0 Å². The molecule has 0 aliphatic rings. The van der Waals surface area contributed by atoms with Crippen molar-refractivity contribution in [2.24, 2.45) is 0 Å². The molecule has 0 aliphatic carbocycles. The van der Waals surface area contributed by atoms with Crippen molar-refractivity contribution in [1.29, 1.82) is 0 Å². The standard InChI is InChI=1S/C14H11Cl2N5O/c15-9-5-8(6-10(16)14(9)17)18-13(22)7-21-12-4-2-1-3-11(12)19-20-21/h1-6H,7,17H2,(H,18,22). The molecule has 0 bridgehead atoms.